The van der Waals surface area contributed by atoms with Crippen LogP contribution < -0.4 is 11.1 Å². The summed E-state index contributed by atoms with van der Waals surface area (Å²) in [5, 5.41) is 12.8. The van der Waals surface area contributed by atoms with Crippen LogP contribution in [0.15, 0.2) is 54.6 Å². The number of aliphatic carboxylic acids is 1. The summed E-state index contributed by atoms with van der Waals surface area (Å²) in [7, 11) is 0. The van der Waals surface area contributed by atoms with E-state index < -0.39 is 17.9 Å². The molecule has 6 heteroatoms. The molecule has 0 aliphatic rings. The van der Waals surface area contributed by atoms with Crippen molar-refractivity contribution in [1.82, 2.24) is 10.3 Å². The molecular formula is C18H17N3O3. The van der Waals surface area contributed by atoms with Crippen molar-refractivity contribution in [2.24, 2.45) is 0 Å². The summed E-state index contributed by atoms with van der Waals surface area (Å²) >= 11 is 0. The highest BCUT2D eigenvalue weighted by Crippen LogP contribution is 2.18. The lowest BCUT2D eigenvalue weighted by Crippen LogP contribution is -2.42. The Labute approximate surface area is 138 Å². The van der Waals surface area contributed by atoms with Crippen molar-refractivity contribution in [2.75, 3.05) is 5.73 Å². The number of carbonyl (C=O) groups is 2. The molecule has 0 aliphatic heterocycles. The van der Waals surface area contributed by atoms with Gasteiger partial charge >= 0.3 is 5.97 Å². The van der Waals surface area contributed by atoms with E-state index in [1.54, 1.807) is 24.3 Å². The van der Waals surface area contributed by atoms with Crippen molar-refractivity contribution < 1.29 is 14.7 Å². The molecule has 1 amide bonds. The van der Waals surface area contributed by atoms with Crippen LogP contribution in [0.25, 0.3) is 10.9 Å². The summed E-state index contributed by atoms with van der Waals surface area (Å²) in [6.07, 6.45) is 0.217. The topological polar surface area (TPSA) is 108 Å². The molecule has 0 saturated carbocycles. The van der Waals surface area contributed by atoms with Crippen LogP contribution in [0, 0.1) is 0 Å². The minimum atomic E-state index is -1.08. The molecule has 1 aromatic heterocycles. The molecule has 24 heavy (non-hydrogen) atoms. The zero-order valence-electron chi connectivity index (χ0n) is 12.8. The van der Waals surface area contributed by atoms with Gasteiger partial charge in [-0.1, -0.05) is 36.4 Å². The number of rotatable bonds is 5. The van der Waals surface area contributed by atoms with E-state index >= 15 is 0 Å². The van der Waals surface area contributed by atoms with Gasteiger partial charge in [-0.25, -0.2) is 4.79 Å². The molecule has 0 saturated heterocycles. The fourth-order valence-corrected chi connectivity index (χ4v) is 2.55. The number of amides is 1. The van der Waals surface area contributed by atoms with Gasteiger partial charge in [0.25, 0.3) is 5.91 Å². The molecule has 0 aliphatic carbocycles. The van der Waals surface area contributed by atoms with Gasteiger partial charge in [0.05, 0.1) is 0 Å². The number of nitrogens with two attached hydrogens (primary N) is 1. The van der Waals surface area contributed by atoms with E-state index in [1.165, 1.54) is 0 Å². The predicted molar refractivity (Wildman–Crippen MR) is 91.7 cm³/mol. The number of nitrogens with one attached hydrogen (secondary N) is 2. The average Bonchev–Trinajstić information content (AvgIpc) is 2.98. The maximum atomic E-state index is 12.4. The molecule has 0 radical (unpaired) electrons. The monoisotopic (exact) mass is 323 g/mol. The number of aromatic amines is 1. The first-order valence-corrected chi connectivity index (χ1v) is 7.49. The van der Waals surface area contributed by atoms with Crippen molar-refractivity contribution >= 4 is 28.5 Å². The Balaban J connectivity index is 1.78. The number of nitrogen functional groups attached to an aromatic ring is 1. The number of anilines is 1. The van der Waals surface area contributed by atoms with Gasteiger partial charge in [-0.15, -0.1) is 0 Å². The normalized spacial score (nSPS) is 12.0. The number of carboxylic acids is 1. The Morgan fingerprint density at radius 1 is 1.12 bits per heavy atom. The van der Waals surface area contributed by atoms with Crippen LogP contribution in [0.1, 0.15) is 16.1 Å². The van der Waals surface area contributed by atoms with E-state index in [1.807, 2.05) is 30.3 Å². The summed E-state index contributed by atoms with van der Waals surface area (Å²) in [5.74, 6) is -1.54. The molecular weight excluding hydrogens is 306 g/mol. The maximum absolute atomic E-state index is 12.4. The highest BCUT2D eigenvalue weighted by molar-refractivity contribution is 6.00. The van der Waals surface area contributed by atoms with Crippen molar-refractivity contribution in [2.45, 2.75) is 12.5 Å². The summed E-state index contributed by atoms with van der Waals surface area (Å²) < 4.78 is 0. The molecule has 0 spiro atoms. The van der Waals surface area contributed by atoms with Gasteiger partial charge in [0.2, 0.25) is 0 Å². The molecule has 3 rings (SSSR count). The van der Waals surface area contributed by atoms with Gasteiger partial charge < -0.3 is 21.1 Å². The van der Waals surface area contributed by atoms with Gasteiger partial charge in [-0.2, -0.15) is 0 Å². The minimum Gasteiger partial charge on any atom is -0.480 e. The lowest BCUT2D eigenvalue weighted by atomic mass is 10.1. The van der Waals surface area contributed by atoms with E-state index in [2.05, 4.69) is 10.3 Å². The fraction of sp³-hybridized carbons (Fsp3) is 0.111. The van der Waals surface area contributed by atoms with Crippen molar-refractivity contribution in [1.29, 1.82) is 0 Å². The van der Waals surface area contributed by atoms with E-state index in [0.717, 1.165) is 16.5 Å². The summed E-state index contributed by atoms with van der Waals surface area (Å²) in [4.78, 5) is 26.8. The summed E-state index contributed by atoms with van der Waals surface area (Å²) in [5.41, 5.74) is 8.18. The summed E-state index contributed by atoms with van der Waals surface area (Å²) in [6, 6.07) is 15.1. The van der Waals surface area contributed by atoms with Crippen molar-refractivity contribution in [3.05, 3.63) is 65.9 Å². The molecule has 2 aromatic carbocycles. The molecule has 3 aromatic rings. The zero-order valence-corrected chi connectivity index (χ0v) is 12.8. The number of aromatic nitrogens is 1. The van der Waals surface area contributed by atoms with Gasteiger partial charge in [0, 0.05) is 23.0 Å². The second kappa shape index (κ2) is 6.45. The quantitative estimate of drug-likeness (QED) is 0.540. The van der Waals surface area contributed by atoms with Gasteiger partial charge in [-0.05, 0) is 23.8 Å². The SMILES string of the molecule is Nc1ccc2cc(C(=O)N[C@@H](Cc3ccccc3)C(=O)O)[nH]c2c1. The molecule has 122 valence electrons. The van der Waals surface area contributed by atoms with Gasteiger partial charge in [0.1, 0.15) is 11.7 Å². The van der Waals surface area contributed by atoms with Crippen LogP contribution in [0.4, 0.5) is 5.69 Å². The number of benzene rings is 2. The lowest BCUT2D eigenvalue weighted by molar-refractivity contribution is -0.139. The smallest absolute Gasteiger partial charge is 0.326 e. The second-order valence-corrected chi connectivity index (χ2v) is 5.58. The van der Waals surface area contributed by atoms with Gasteiger partial charge in [0.15, 0.2) is 0 Å². The van der Waals surface area contributed by atoms with E-state index in [0.29, 0.717) is 11.4 Å². The predicted octanol–water partition coefficient (Wildman–Crippen LogP) is 2.18. The Bertz CT molecular complexity index is 887. The highest BCUT2D eigenvalue weighted by atomic mass is 16.4. The Morgan fingerprint density at radius 3 is 2.58 bits per heavy atom. The minimum absolute atomic E-state index is 0.217. The number of H-pyrrole nitrogens is 1. The molecule has 5 N–H and O–H groups in total. The molecule has 1 heterocycles. The van der Waals surface area contributed by atoms with Crippen LogP contribution in [0.3, 0.4) is 0 Å². The number of carbonyl (C=O) groups excluding carboxylic acids is 1. The Kier molecular flexibility index (Phi) is 4.20. The largest absolute Gasteiger partial charge is 0.480 e. The average molecular weight is 323 g/mol. The molecule has 1 atom stereocenters. The van der Waals surface area contributed by atoms with Crippen LogP contribution >= 0.6 is 0 Å². The molecule has 6 nitrogen and oxygen atoms in total. The summed E-state index contributed by atoms with van der Waals surface area (Å²) in [6.45, 7) is 0. The molecule has 0 bridgehead atoms. The fourth-order valence-electron chi connectivity index (χ4n) is 2.55. The van der Waals surface area contributed by atoms with Crippen LogP contribution in [-0.4, -0.2) is 28.0 Å². The third-order valence-corrected chi connectivity index (χ3v) is 3.78. The lowest BCUT2D eigenvalue weighted by Gasteiger charge is -2.14. The third kappa shape index (κ3) is 3.38. The Morgan fingerprint density at radius 2 is 1.88 bits per heavy atom. The third-order valence-electron chi connectivity index (χ3n) is 3.78. The number of carboxylic acid groups (broad SMARTS) is 1. The van der Waals surface area contributed by atoms with E-state index in [9.17, 15) is 14.7 Å². The maximum Gasteiger partial charge on any atom is 0.326 e. The first-order valence-electron chi connectivity index (χ1n) is 7.49. The number of hydrogen-bond donors (Lipinski definition) is 4. The highest BCUT2D eigenvalue weighted by Gasteiger charge is 2.22. The second-order valence-electron chi connectivity index (χ2n) is 5.58. The van der Waals surface area contributed by atoms with E-state index in [-0.39, 0.29) is 6.42 Å². The number of fused-ring (bicyclic) bond motifs is 1. The Hall–Kier alpha value is -3.28. The standard InChI is InChI=1S/C18H17N3O3/c19-13-7-6-12-9-15(20-14(12)10-13)17(22)21-16(18(23)24)8-11-4-2-1-3-5-11/h1-7,9-10,16,20H,8,19H2,(H,21,22)(H,23,24)/t16-/m0/s1. The van der Waals surface area contributed by atoms with Crippen LogP contribution in [0.5, 0.6) is 0 Å². The first kappa shape index (κ1) is 15.6. The van der Waals surface area contributed by atoms with E-state index in [4.69, 9.17) is 5.73 Å². The van der Waals surface area contributed by atoms with Crippen molar-refractivity contribution in [3.8, 4) is 0 Å². The van der Waals surface area contributed by atoms with Crippen molar-refractivity contribution in [3.63, 3.8) is 0 Å². The van der Waals surface area contributed by atoms with Gasteiger partial charge in [-0.3, -0.25) is 4.79 Å². The molecule has 0 fully saturated rings. The van der Waals surface area contributed by atoms with Crippen LogP contribution in [-0.2, 0) is 11.2 Å². The number of hydrogen-bond acceptors (Lipinski definition) is 3. The zero-order chi connectivity index (χ0) is 17.1. The van der Waals surface area contributed by atoms with Crippen LogP contribution in [0.2, 0.25) is 0 Å². The first-order chi connectivity index (χ1) is 11.5. The molecule has 0 unspecified atom stereocenters.